The van der Waals surface area contributed by atoms with Crippen LogP contribution in [0.1, 0.15) is 22.0 Å². The zero-order chi connectivity index (χ0) is 18.3. The lowest BCUT2D eigenvalue weighted by Crippen LogP contribution is -2.13. The molecule has 7 nitrogen and oxygen atoms in total. The molecule has 3 aromatic heterocycles. The number of aromatic nitrogens is 5. The number of hydrogen-bond donors (Lipinski definition) is 1. The average Bonchev–Trinajstić information content (AvgIpc) is 3.22. The Hall–Kier alpha value is -2.84. The Labute approximate surface area is 157 Å². The van der Waals surface area contributed by atoms with E-state index in [1.165, 1.54) is 11.3 Å². The first-order valence-corrected chi connectivity index (χ1v) is 9.00. The van der Waals surface area contributed by atoms with Gasteiger partial charge in [-0.3, -0.25) is 10.1 Å². The Balaban J connectivity index is 1.59. The number of halogens is 1. The zero-order valence-electron chi connectivity index (χ0n) is 13.9. The highest BCUT2D eigenvalue weighted by Gasteiger charge is 2.17. The van der Waals surface area contributed by atoms with Gasteiger partial charge in [-0.1, -0.05) is 29.8 Å². The molecule has 4 aromatic rings. The molecule has 0 spiro atoms. The molecule has 26 heavy (non-hydrogen) atoms. The number of carbonyl (C=O) groups excluding carboxylic acids is 1. The van der Waals surface area contributed by atoms with Crippen LogP contribution in [0.25, 0.3) is 17.0 Å². The van der Waals surface area contributed by atoms with Crippen molar-refractivity contribution in [2.24, 2.45) is 0 Å². The largest absolute Gasteiger partial charge is 0.297 e. The Bertz CT molecular complexity index is 1140. The normalized spacial score (nSPS) is 11.0. The van der Waals surface area contributed by atoms with Crippen LogP contribution >= 0.6 is 22.9 Å². The summed E-state index contributed by atoms with van der Waals surface area (Å²) in [6, 6.07) is 9.29. The van der Waals surface area contributed by atoms with Crippen LogP contribution in [0.3, 0.4) is 0 Å². The van der Waals surface area contributed by atoms with E-state index in [9.17, 15) is 4.79 Å². The highest BCUT2D eigenvalue weighted by molar-refractivity contribution is 7.14. The van der Waals surface area contributed by atoms with E-state index in [2.05, 4.69) is 25.4 Å². The summed E-state index contributed by atoms with van der Waals surface area (Å²) in [5, 5.41) is 9.83. The second kappa shape index (κ2) is 6.47. The van der Waals surface area contributed by atoms with Gasteiger partial charge in [0.1, 0.15) is 0 Å². The van der Waals surface area contributed by atoms with Crippen LogP contribution in [0.4, 0.5) is 5.13 Å². The Kier molecular flexibility index (Phi) is 4.14. The van der Waals surface area contributed by atoms with Gasteiger partial charge in [0, 0.05) is 27.4 Å². The van der Waals surface area contributed by atoms with Crippen LogP contribution in [-0.2, 0) is 0 Å². The molecule has 0 radical (unpaired) electrons. The zero-order valence-corrected chi connectivity index (χ0v) is 15.5. The number of rotatable bonds is 3. The lowest BCUT2D eigenvalue weighted by atomic mass is 10.2. The van der Waals surface area contributed by atoms with E-state index in [0.717, 1.165) is 17.0 Å². The van der Waals surface area contributed by atoms with E-state index in [4.69, 9.17) is 11.6 Å². The summed E-state index contributed by atoms with van der Waals surface area (Å²) in [5.74, 6) is -0.00292. The molecule has 1 aromatic carbocycles. The van der Waals surface area contributed by atoms with Gasteiger partial charge in [-0.25, -0.2) is 14.5 Å². The number of aryl methyl sites for hydroxylation is 2. The summed E-state index contributed by atoms with van der Waals surface area (Å²) in [4.78, 5) is 25.3. The molecule has 9 heteroatoms. The van der Waals surface area contributed by atoms with Crippen molar-refractivity contribution < 1.29 is 4.79 Å². The number of benzene rings is 1. The van der Waals surface area contributed by atoms with Crippen molar-refractivity contribution in [1.29, 1.82) is 0 Å². The number of nitrogens with one attached hydrogen (secondary N) is 1. The first kappa shape index (κ1) is 16.6. The summed E-state index contributed by atoms with van der Waals surface area (Å²) in [6.45, 7) is 3.75. The van der Waals surface area contributed by atoms with E-state index in [0.29, 0.717) is 21.6 Å². The standard InChI is InChI=1S/C17H13ClN6OS/c1-9-7-10(2)24-16(19-9)21-14(23-24)15(25)22-17-20-13(8-26-17)11-5-3-4-6-12(11)18/h3-8H,1-2H3,(H,20,22,25). The molecule has 1 amide bonds. The number of amides is 1. The van der Waals surface area contributed by atoms with Gasteiger partial charge in [0.25, 0.3) is 11.7 Å². The average molecular weight is 385 g/mol. The van der Waals surface area contributed by atoms with Crippen molar-refractivity contribution >= 4 is 39.8 Å². The molecular weight excluding hydrogens is 372 g/mol. The third kappa shape index (κ3) is 3.04. The van der Waals surface area contributed by atoms with Gasteiger partial charge in [-0.2, -0.15) is 4.98 Å². The van der Waals surface area contributed by atoms with E-state index >= 15 is 0 Å². The predicted molar refractivity (Wildman–Crippen MR) is 101 cm³/mol. The van der Waals surface area contributed by atoms with Crippen LogP contribution in [0.15, 0.2) is 35.7 Å². The molecule has 1 N–H and O–H groups in total. The quantitative estimate of drug-likeness (QED) is 0.581. The summed E-state index contributed by atoms with van der Waals surface area (Å²) in [5.41, 5.74) is 3.19. The molecule has 0 aliphatic carbocycles. The maximum Gasteiger partial charge on any atom is 0.297 e. The van der Waals surface area contributed by atoms with Gasteiger partial charge in [-0.05, 0) is 26.0 Å². The highest BCUT2D eigenvalue weighted by Crippen LogP contribution is 2.30. The molecule has 0 atom stereocenters. The van der Waals surface area contributed by atoms with Crippen LogP contribution < -0.4 is 5.32 Å². The van der Waals surface area contributed by atoms with Crippen LogP contribution in [0.5, 0.6) is 0 Å². The number of fused-ring (bicyclic) bond motifs is 1. The van der Waals surface area contributed by atoms with Crippen LogP contribution in [0.2, 0.25) is 5.02 Å². The Morgan fingerprint density at radius 1 is 1.19 bits per heavy atom. The third-order valence-corrected chi connectivity index (χ3v) is 4.78. The molecule has 0 saturated carbocycles. The molecule has 0 aliphatic heterocycles. The van der Waals surface area contributed by atoms with E-state index < -0.39 is 5.91 Å². The van der Waals surface area contributed by atoms with Crippen molar-refractivity contribution in [3.63, 3.8) is 0 Å². The van der Waals surface area contributed by atoms with E-state index in [1.54, 1.807) is 10.6 Å². The van der Waals surface area contributed by atoms with Crippen LogP contribution in [0, 0.1) is 13.8 Å². The van der Waals surface area contributed by atoms with Crippen molar-refractivity contribution in [3.05, 3.63) is 57.9 Å². The summed E-state index contributed by atoms with van der Waals surface area (Å²) in [7, 11) is 0. The van der Waals surface area contributed by atoms with E-state index in [-0.39, 0.29) is 5.82 Å². The lowest BCUT2D eigenvalue weighted by Gasteiger charge is -1.99. The number of carbonyl (C=O) groups is 1. The molecule has 0 fully saturated rings. The summed E-state index contributed by atoms with van der Waals surface area (Å²) in [6.07, 6.45) is 0. The topological polar surface area (TPSA) is 85.1 Å². The lowest BCUT2D eigenvalue weighted by molar-refractivity contribution is 0.101. The molecule has 3 heterocycles. The number of anilines is 1. The minimum atomic E-state index is -0.437. The Morgan fingerprint density at radius 2 is 2.00 bits per heavy atom. The number of hydrogen-bond acceptors (Lipinski definition) is 6. The third-order valence-electron chi connectivity index (χ3n) is 3.70. The number of thiazole rings is 1. The first-order valence-electron chi connectivity index (χ1n) is 7.74. The molecular formula is C17H13ClN6OS. The molecule has 0 saturated heterocycles. The molecule has 130 valence electrons. The number of nitrogens with zero attached hydrogens (tertiary/aromatic N) is 5. The minimum absolute atomic E-state index is 0.0423. The fraction of sp³-hybridized carbons (Fsp3) is 0.118. The van der Waals surface area contributed by atoms with Crippen molar-refractivity contribution in [2.45, 2.75) is 13.8 Å². The van der Waals surface area contributed by atoms with Crippen molar-refractivity contribution in [1.82, 2.24) is 24.6 Å². The smallest absolute Gasteiger partial charge is 0.295 e. The molecule has 4 rings (SSSR count). The summed E-state index contributed by atoms with van der Waals surface area (Å²) >= 11 is 7.50. The monoisotopic (exact) mass is 384 g/mol. The molecule has 0 aliphatic rings. The van der Waals surface area contributed by atoms with Gasteiger partial charge in [0.15, 0.2) is 5.13 Å². The van der Waals surface area contributed by atoms with Gasteiger partial charge in [0.2, 0.25) is 5.82 Å². The molecule has 0 unspecified atom stereocenters. The van der Waals surface area contributed by atoms with Crippen molar-refractivity contribution in [2.75, 3.05) is 5.32 Å². The minimum Gasteiger partial charge on any atom is -0.295 e. The van der Waals surface area contributed by atoms with Gasteiger partial charge >= 0.3 is 0 Å². The van der Waals surface area contributed by atoms with E-state index in [1.807, 2.05) is 43.5 Å². The maximum absolute atomic E-state index is 12.5. The fourth-order valence-corrected chi connectivity index (χ4v) is 3.48. The molecule has 0 bridgehead atoms. The first-order chi connectivity index (χ1) is 12.5. The second-order valence-electron chi connectivity index (χ2n) is 5.66. The highest BCUT2D eigenvalue weighted by atomic mass is 35.5. The van der Waals surface area contributed by atoms with Crippen molar-refractivity contribution in [3.8, 4) is 11.3 Å². The van der Waals surface area contributed by atoms with Gasteiger partial charge < -0.3 is 0 Å². The van der Waals surface area contributed by atoms with Crippen LogP contribution in [-0.4, -0.2) is 30.5 Å². The summed E-state index contributed by atoms with van der Waals surface area (Å²) < 4.78 is 1.54. The van der Waals surface area contributed by atoms with Gasteiger partial charge in [-0.15, -0.1) is 16.4 Å². The maximum atomic E-state index is 12.5. The SMILES string of the molecule is Cc1cc(C)n2nc(C(=O)Nc3nc(-c4ccccc4Cl)cs3)nc2n1. The predicted octanol–water partition coefficient (Wildman–Crippen LogP) is 3.77. The van der Waals surface area contributed by atoms with Gasteiger partial charge in [0.05, 0.1) is 5.69 Å². The Morgan fingerprint density at radius 3 is 2.81 bits per heavy atom. The fourth-order valence-electron chi connectivity index (χ4n) is 2.54. The second-order valence-corrected chi connectivity index (χ2v) is 6.92.